The third-order valence-electron chi connectivity index (χ3n) is 2.00. The molecule has 0 unspecified atom stereocenters. The van der Waals surface area contributed by atoms with Crippen LogP contribution in [0.3, 0.4) is 0 Å². The Morgan fingerprint density at radius 3 is 2.45 bits per heavy atom. The predicted molar refractivity (Wildman–Crippen MR) is 49.6 cm³/mol. The van der Waals surface area contributed by atoms with E-state index in [0.29, 0.717) is 0 Å². The van der Waals surface area contributed by atoms with Gasteiger partial charge in [-0.05, 0) is 39.4 Å². The molecule has 0 saturated carbocycles. The Balaban J connectivity index is 2.56. The Labute approximate surface area is 69.4 Å². The van der Waals surface area contributed by atoms with Crippen LogP contribution in [-0.4, -0.2) is 25.5 Å². The van der Waals surface area contributed by atoms with E-state index in [1.807, 2.05) is 0 Å². The van der Waals surface area contributed by atoms with Gasteiger partial charge in [0.05, 0.1) is 0 Å². The second-order valence-corrected chi connectivity index (χ2v) is 3.43. The van der Waals surface area contributed by atoms with Gasteiger partial charge in [-0.1, -0.05) is 17.7 Å². The standard InChI is InChI=1S/C10H17N/c1-9-6-4-5-7-10(9)8-11(2)3/h6-7H,4-5,8H2,1-3H3. The largest absolute Gasteiger partial charge is 0.305 e. The lowest BCUT2D eigenvalue weighted by Gasteiger charge is -2.16. The van der Waals surface area contributed by atoms with E-state index in [0.717, 1.165) is 6.54 Å². The summed E-state index contributed by atoms with van der Waals surface area (Å²) in [5.41, 5.74) is 2.96. The van der Waals surface area contributed by atoms with Crippen molar-refractivity contribution in [1.29, 1.82) is 0 Å². The summed E-state index contributed by atoms with van der Waals surface area (Å²) in [6.45, 7) is 3.29. The third kappa shape index (κ3) is 2.51. The fourth-order valence-corrected chi connectivity index (χ4v) is 1.38. The van der Waals surface area contributed by atoms with Crippen molar-refractivity contribution in [2.75, 3.05) is 20.6 Å². The molecule has 0 atom stereocenters. The summed E-state index contributed by atoms with van der Waals surface area (Å²) < 4.78 is 0. The summed E-state index contributed by atoms with van der Waals surface area (Å²) in [7, 11) is 4.23. The SMILES string of the molecule is CC1=CCCC=C1CN(C)C. The van der Waals surface area contributed by atoms with Crippen molar-refractivity contribution >= 4 is 0 Å². The summed E-state index contributed by atoms with van der Waals surface area (Å²) >= 11 is 0. The Morgan fingerprint density at radius 2 is 1.91 bits per heavy atom. The topological polar surface area (TPSA) is 3.24 Å². The number of rotatable bonds is 2. The molecule has 1 rings (SSSR count). The van der Waals surface area contributed by atoms with Gasteiger partial charge in [0.25, 0.3) is 0 Å². The highest BCUT2D eigenvalue weighted by Crippen LogP contribution is 2.17. The first-order valence-corrected chi connectivity index (χ1v) is 4.21. The van der Waals surface area contributed by atoms with Gasteiger partial charge in [-0.2, -0.15) is 0 Å². The Kier molecular flexibility index (Phi) is 2.89. The van der Waals surface area contributed by atoms with Crippen LogP contribution in [0.25, 0.3) is 0 Å². The lowest BCUT2D eigenvalue weighted by Crippen LogP contribution is -2.16. The van der Waals surface area contributed by atoms with Gasteiger partial charge >= 0.3 is 0 Å². The van der Waals surface area contributed by atoms with Crippen LogP contribution in [0.1, 0.15) is 19.8 Å². The molecule has 0 radical (unpaired) electrons. The number of hydrogen-bond acceptors (Lipinski definition) is 1. The van der Waals surface area contributed by atoms with Gasteiger partial charge in [0, 0.05) is 6.54 Å². The minimum atomic E-state index is 1.09. The van der Waals surface area contributed by atoms with E-state index in [4.69, 9.17) is 0 Å². The van der Waals surface area contributed by atoms with Crippen molar-refractivity contribution < 1.29 is 0 Å². The third-order valence-corrected chi connectivity index (χ3v) is 2.00. The van der Waals surface area contributed by atoms with Crippen LogP contribution in [0.2, 0.25) is 0 Å². The Morgan fingerprint density at radius 1 is 1.27 bits per heavy atom. The van der Waals surface area contributed by atoms with Crippen LogP contribution in [0, 0.1) is 0 Å². The van der Waals surface area contributed by atoms with E-state index in [-0.39, 0.29) is 0 Å². The van der Waals surface area contributed by atoms with Crippen LogP contribution < -0.4 is 0 Å². The van der Waals surface area contributed by atoms with Gasteiger partial charge in [-0.3, -0.25) is 0 Å². The van der Waals surface area contributed by atoms with Crippen LogP contribution in [0.5, 0.6) is 0 Å². The molecule has 62 valence electrons. The molecule has 0 N–H and O–H groups in total. The second kappa shape index (κ2) is 3.72. The van der Waals surface area contributed by atoms with E-state index in [9.17, 15) is 0 Å². The molecule has 1 aliphatic carbocycles. The minimum Gasteiger partial charge on any atom is -0.305 e. The average molecular weight is 151 g/mol. The Bertz CT molecular complexity index is 187. The summed E-state index contributed by atoms with van der Waals surface area (Å²) in [4.78, 5) is 2.22. The molecule has 1 heteroatoms. The van der Waals surface area contributed by atoms with E-state index in [1.54, 1.807) is 0 Å². The predicted octanol–water partition coefficient (Wildman–Crippen LogP) is 2.21. The molecule has 0 amide bonds. The van der Waals surface area contributed by atoms with E-state index in [2.05, 4.69) is 38.1 Å². The van der Waals surface area contributed by atoms with Crippen molar-refractivity contribution in [1.82, 2.24) is 4.90 Å². The highest BCUT2D eigenvalue weighted by atomic mass is 15.0. The smallest absolute Gasteiger partial charge is 0.0226 e. The molecule has 0 aromatic rings. The first kappa shape index (κ1) is 8.54. The van der Waals surface area contributed by atoms with E-state index in [1.165, 1.54) is 24.0 Å². The molecule has 0 aromatic carbocycles. The molecule has 0 fully saturated rings. The zero-order chi connectivity index (χ0) is 8.27. The van der Waals surface area contributed by atoms with Crippen molar-refractivity contribution in [2.45, 2.75) is 19.8 Å². The maximum atomic E-state index is 2.36. The maximum absolute atomic E-state index is 2.36. The van der Waals surface area contributed by atoms with Crippen LogP contribution in [-0.2, 0) is 0 Å². The fraction of sp³-hybridized carbons (Fsp3) is 0.600. The zero-order valence-corrected chi connectivity index (χ0v) is 7.72. The fourth-order valence-electron chi connectivity index (χ4n) is 1.38. The van der Waals surface area contributed by atoms with Gasteiger partial charge in [-0.15, -0.1) is 0 Å². The van der Waals surface area contributed by atoms with Crippen LogP contribution in [0.15, 0.2) is 23.3 Å². The quantitative estimate of drug-likeness (QED) is 0.585. The van der Waals surface area contributed by atoms with Crippen molar-refractivity contribution in [3.63, 3.8) is 0 Å². The number of nitrogens with zero attached hydrogens (tertiary/aromatic N) is 1. The first-order chi connectivity index (χ1) is 5.20. The highest BCUT2D eigenvalue weighted by molar-refractivity contribution is 5.32. The molecule has 0 aromatic heterocycles. The molecular formula is C10H17N. The molecule has 1 nitrogen and oxygen atoms in total. The van der Waals surface area contributed by atoms with Gasteiger partial charge < -0.3 is 4.90 Å². The number of allylic oxidation sites excluding steroid dienone is 2. The van der Waals surface area contributed by atoms with Crippen molar-refractivity contribution in [3.05, 3.63) is 23.3 Å². The molecule has 0 bridgehead atoms. The number of likely N-dealkylation sites (N-methyl/N-ethyl adjacent to an activating group) is 1. The number of hydrogen-bond donors (Lipinski definition) is 0. The highest BCUT2D eigenvalue weighted by Gasteiger charge is 2.04. The van der Waals surface area contributed by atoms with Gasteiger partial charge in [0.1, 0.15) is 0 Å². The molecule has 0 saturated heterocycles. The summed E-state index contributed by atoms with van der Waals surface area (Å²) in [5, 5.41) is 0. The summed E-state index contributed by atoms with van der Waals surface area (Å²) in [6, 6.07) is 0. The molecule has 1 aliphatic rings. The zero-order valence-electron chi connectivity index (χ0n) is 7.72. The second-order valence-electron chi connectivity index (χ2n) is 3.43. The van der Waals surface area contributed by atoms with E-state index >= 15 is 0 Å². The summed E-state index contributed by atoms with van der Waals surface area (Å²) in [5.74, 6) is 0. The molecule has 0 spiro atoms. The van der Waals surface area contributed by atoms with Gasteiger partial charge in [0.2, 0.25) is 0 Å². The van der Waals surface area contributed by atoms with Gasteiger partial charge in [-0.25, -0.2) is 0 Å². The monoisotopic (exact) mass is 151 g/mol. The minimum absolute atomic E-state index is 1.09. The molecular weight excluding hydrogens is 134 g/mol. The van der Waals surface area contributed by atoms with Gasteiger partial charge in [0.15, 0.2) is 0 Å². The van der Waals surface area contributed by atoms with E-state index < -0.39 is 0 Å². The summed E-state index contributed by atoms with van der Waals surface area (Å²) in [6.07, 6.45) is 7.14. The van der Waals surface area contributed by atoms with Crippen LogP contribution in [0.4, 0.5) is 0 Å². The normalized spacial score (nSPS) is 18.2. The van der Waals surface area contributed by atoms with Crippen LogP contribution >= 0.6 is 0 Å². The Hall–Kier alpha value is -0.560. The maximum Gasteiger partial charge on any atom is 0.0226 e. The molecule has 0 heterocycles. The lowest BCUT2D eigenvalue weighted by atomic mass is 9.99. The van der Waals surface area contributed by atoms with Crippen molar-refractivity contribution in [2.24, 2.45) is 0 Å². The van der Waals surface area contributed by atoms with Crippen molar-refractivity contribution in [3.8, 4) is 0 Å². The molecule has 0 aliphatic heterocycles. The first-order valence-electron chi connectivity index (χ1n) is 4.21. The molecule has 11 heavy (non-hydrogen) atoms. The lowest BCUT2D eigenvalue weighted by molar-refractivity contribution is 0.446. The average Bonchev–Trinajstić information content (AvgIpc) is 1.93.